The molecule has 1 amide bonds. The van der Waals surface area contributed by atoms with Crippen molar-refractivity contribution in [3.8, 4) is 11.5 Å². The average Bonchev–Trinajstić information content (AvgIpc) is 2.44. The Morgan fingerprint density at radius 2 is 1.64 bits per heavy atom. The Bertz CT molecular complexity index is 674. The number of ether oxygens (including phenoxy) is 2. The Balaban J connectivity index is 2.15. The predicted octanol–water partition coefficient (Wildman–Crippen LogP) is 3.53. The summed E-state index contributed by atoms with van der Waals surface area (Å²) in [5, 5.41) is 5.02. The highest BCUT2D eigenvalue weighted by atomic mass is 16.5. The van der Waals surface area contributed by atoms with Gasteiger partial charge in [0.1, 0.15) is 11.5 Å². The maximum absolute atomic E-state index is 12.1. The maximum atomic E-state index is 12.1. The van der Waals surface area contributed by atoms with Crippen LogP contribution in [0.4, 0.5) is 0 Å². The van der Waals surface area contributed by atoms with Crippen molar-refractivity contribution in [1.82, 2.24) is 5.32 Å². The van der Waals surface area contributed by atoms with Crippen molar-refractivity contribution in [2.45, 2.75) is 39.3 Å². The Labute approximate surface area is 131 Å². The monoisotopic (exact) mass is 301 g/mol. The van der Waals surface area contributed by atoms with Crippen molar-refractivity contribution in [2.75, 3.05) is 7.11 Å². The summed E-state index contributed by atoms with van der Waals surface area (Å²) in [4.78, 5) is 12.1. The third-order valence-electron chi connectivity index (χ3n) is 3.20. The number of methoxy groups -OCH3 is 1. The zero-order chi connectivity index (χ0) is 16.3. The number of benzene rings is 2. The molecule has 1 atom stereocenters. The maximum Gasteiger partial charge on any atom is 0.261 e. The number of hydrogen-bond acceptors (Lipinski definition) is 3. The molecular weight excluding hydrogens is 278 g/mol. The van der Waals surface area contributed by atoms with Crippen LogP contribution < -0.4 is 14.8 Å². The SMILES string of the molecule is COc1ccc2ccc(O[C@@H](C)C(=O)NC(C)(C)C)cc2c1. The second-order valence-electron chi connectivity index (χ2n) is 6.37. The minimum absolute atomic E-state index is 0.127. The van der Waals surface area contributed by atoms with E-state index in [-0.39, 0.29) is 11.4 Å². The van der Waals surface area contributed by atoms with Crippen LogP contribution in [0.25, 0.3) is 10.8 Å². The summed E-state index contributed by atoms with van der Waals surface area (Å²) in [6.45, 7) is 7.58. The van der Waals surface area contributed by atoms with Crippen molar-refractivity contribution in [3.05, 3.63) is 36.4 Å². The van der Waals surface area contributed by atoms with Gasteiger partial charge in [-0.15, -0.1) is 0 Å². The molecule has 0 saturated heterocycles. The fraction of sp³-hybridized carbons (Fsp3) is 0.389. The van der Waals surface area contributed by atoms with Crippen LogP contribution in [0.1, 0.15) is 27.7 Å². The van der Waals surface area contributed by atoms with Gasteiger partial charge in [0.25, 0.3) is 5.91 Å². The average molecular weight is 301 g/mol. The Hall–Kier alpha value is -2.23. The third-order valence-corrected chi connectivity index (χ3v) is 3.20. The fourth-order valence-corrected chi connectivity index (χ4v) is 2.13. The van der Waals surface area contributed by atoms with Gasteiger partial charge in [-0.2, -0.15) is 0 Å². The lowest BCUT2D eigenvalue weighted by molar-refractivity contribution is -0.128. The van der Waals surface area contributed by atoms with E-state index >= 15 is 0 Å². The molecule has 0 unspecified atom stereocenters. The summed E-state index contributed by atoms with van der Waals surface area (Å²) in [6, 6.07) is 11.6. The van der Waals surface area contributed by atoms with Crippen molar-refractivity contribution in [2.24, 2.45) is 0 Å². The minimum Gasteiger partial charge on any atom is -0.497 e. The molecule has 0 radical (unpaired) electrons. The zero-order valence-electron chi connectivity index (χ0n) is 13.8. The number of fused-ring (bicyclic) bond motifs is 1. The first-order chi connectivity index (χ1) is 10.3. The predicted molar refractivity (Wildman–Crippen MR) is 88.5 cm³/mol. The number of amides is 1. The van der Waals surface area contributed by atoms with Gasteiger partial charge in [-0.25, -0.2) is 0 Å². The first kappa shape index (κ1) is 16.1. The van der Waals surface area contributed by atoms with E-state index in [1.54, 1.807) is 14.0 Å². The molecular formula is C18H23NO3. The molecule has 0 aliphatic heterocycles. The summed E-state index contributed by atoms with van der Waals surface area (Å²) in [5.41, 5.74) is -0.272. The van der Waals surface area contributed by atoms with Gasteiger partial charge < -0.3 is 14.8 Å². The summed E-state index contributed by atoms with van der Waals surface area (Å²) in [5.74, 6) is 1.33. The van der Waals surface area contributed by atoms with Gasteiger partial charge in [0.15, 0.2) is 6.10 Å². The van der Waals surface area contributed by atoms with E-state index in [4.69, 9.17) is 9.47 Å². The van der Waals surface area contributed by atoms with Gasteiger partial charge in [-0.1, -0.05) is 12.1 Å². The van der Waals surface area contributed by atoms with E-state index in [1.165, 1.54) is 0 Å². The van der Waals surface area contributed by atoms with Gasteiger partial charge in [-0.05, 0) is 62.7 Å². The highest BCUT2D eigenvalue weighted by molar-refractivity contribution is 5.85. The molecule has 0 saturated carbocycles. The Kier molecular flexibility index (Phi) is 4.59. The molecule has 1 N–H and O–H groups in total. The molecule has 0 aliphatic rings. The first-order valence-electron chi connectivity index (χ1n) is 7.35. The second-order valence-corrected chi connectivity index (χ2v) is 6.37. The van der Waals surface area contributed by atoms with Crippen LogP contribution in [0.15, 0.2) is 36.4 Å². The minimum atomic E-state index is -0.553. The van der Waals surface area contributed by atoms with E-state index in [1.807, 2.05) is 57.2 Å². The van der Waals surface area contributed by atoms with E-state index in [0.29, 0.717) is 5.75 Å². The van der Waals surface area contributed by atoms with Gasteiger partial charge in [-0.3, -0.25) is 4.79 Å². The number of hydrogen-bond donors (Lipinski definition) is 1. The lowest BCUT2D eigenvalue weighted by atomic mass is 10.1. The Morgan fingerprint density at radius 1 is 1.05 bits per heavy atom. The smallest absolute Gasteiger partial charge is 0.261 e. The molecule has 118 valence electrons. The molecule has 0 aliphatic carbocycles. The fourth-order valence-electron chi connectivity index (χ4n) is 2.13. The summed E-state index contributed by atoms with van der Waals surface area (Å²) >= 11 is 0. The van der Waals surface area contributed by atoms with Crippen LogP contribution in [0.3, 0.4) is 0 Å². The molecule has 2 aromatic carbocycles. The van der Waals surface area contributed by atoms with Crippen LogP contribution in [-0.2, 0) is 4.79 Å². The van der Waals surface area contributed by atoms with Crippen LogP contribution in [0, 0.1) is 0 Å². The molecule has 4 nitrogen and oxygen atoms in total. The first-order valence-corrected chi connectivity index (χ1v) is 7.35. The summed E-state index contributed by atoms with van der Waals surface area (Å²) in [6.07, 6.45) is -0.553. The molecule has 0 bridgehead atoms. The molecule has 2 aromatic rings. The highest BCUT2D eigenvalue weighted by Gasteiger charge is 2.20. The van der Waals surface area contributed by atoms with Gasteiger partial charge in [0.2, 0.25) is 0 Å². The lowest BCUT2D eigenvalue weighted by Gasteiger charge is -2.23. The molecule has 0 fully saturated rings. The molecule has 4 heteroatoms. The van der Waals surface area contributed by atoms with Gasteiger partial charge >= 0.3 is 0 Å². The third kappa shape index (κ3) is 4.13. The zero-order valence-corrected chi connectivity index (χ0v) is 13.8. The standard InChI is InChI=1S/C18H23NO3/c1-12(17(20)19-18(2,3)4)22-16-9-7-13-6-8-15(21-5)10-14(13)11-16/h6-12H,1-5H3,(H,19,20)/t12-/m0/s1. The van der Waals surface area contributed by atoms with Crippen molar-refractivity contribution in [3.63, 3.8) is 0 Å². The summed E-state index contributed by atoms with van der Waals surface area (Å²) in [7, 11) is 1.64. The van der Waals surface area contributed by atoms with Crippen molar-refractivity contribution >= 4 is 16.7 Å². The van der Waals surface area contributed by atoms with Crippen molar-refractivity contribution in [1.29, 1.82) is 0 Å². The van der Waals surface area contributed by atoms with Gasteiger partial charge in [0.05, 0.1) is 7.11 Å². The quantitative estimate of drug-likeness (QED) is 0.939. The van der Waals surface area contributed by atoms with Crippen LogP contribution in [-0.4, -0.2) is 24.7 Å². The van der Waals surface area contributed by atoms with E-state index in [0.717, 1.165) is 16.5 Å². The molecule has 0 heterocycles. The Morgan fingerprint density at radius 3 is 2.23 bits per heavy atom. The molecule has 0 spiro atoms. The normalized spacial score (nSPS) is 12.8. The summed E-state index contributed by atoms with van der Waals surface area (Å²) < 4.78 is 11.0. The molecule has 2 rings (SSSR count). The number of carbonyl (C=O) groups is 1. The topological polar surface area (TPSA) is 47.6 Å². The van der Waals surface area contributed by atoms with E-state index < -0.39 is 6.10 Å². The highest BCUT2D eigenvalue weighted by Crippen LogP contribution is 2.25. The number of carbonyl (C=O) groups excluding carboxylic acids is 1. The molecule has 0 aromatic heterocycles. The molecule has 22 heavy (non-hydrogen) atoms. The largest absolute Gasteiger partial charge is 0.497 e. The number of rotatable bonds is 4. The van der Waals surface area contributed by atoms with Gasteiger partial charge in [0, 0.05) is 5.54 Å². The van der Waals surface area contributed by atoms with Crippen LogP contribution in [0.2, 0.25) is 0 Å². The van der Waals surface area contributed by atoms with E-state index in [9.17, 15) is 4.79 Å². The number of nitrogens with one attached hydrogen (secondary N) is 1. The van der Waals surface area contributed by atoms with Crippen LogP contribution >= 0.6 is 0 Å². The second kappa shape index (κ2) is 6.26. The van der Waals surface area contributed by atoms with E-state index in [2.05, 4.69) is 5.32 Å². The van der Waals surface area contributed by atoms with Crippen molar-refractivity contribution < 1.29 is 14.3 Å². The van der Waals surface area contributed by atoms with Crippen LogP contribution in [0.5, 0.6) is 11.5 Å². The lowest BCUT2D eigenvalue weighted by Crippen LogP contribution is -2.46.